The summed E-state index contributed by atoms with van der Waals surface area (Å²) in [6.07, 6.45) is 2.61. The molecule has 2 unspecified atom stereocenters. The lowest BCUT2D eigenvalue weighted by molar-refractivity contribution is 0.0979. The average Bonchev–Trinajstić information content (AvgIpc) is 2.64. The molecule has 16 heavy (non-hydrogen) atoms. The Labute approximate surface area is 102 Å². The summed E-state index contributed by atoms with van der Waals surface area (Å²) in [4.78, 5) is 7.04. The molecule has 1 saturated heterocycles. The molecular weight excluding hydrogens is 218 g/mol. The third kappa shape index (κ3) is 2.62. The first-order valence-corrected chi connectivity index (χ1v) is 6.94. The molecule has 0 spiro atoms. The van der Waals surface area contributed by atoms with Gasteiger partial charge < -0.3 is 5.73 Å². The maximum absolute atomic E-state index is 5.88. The maximum Gasteiger partial charge on any atom is 0.0897 e. The summed E-state index contributed by atoms with van der Waals surface area (Å²) < 4.78 is 0. The molecule has 2 N–H and O–H groups in total. The van der Waals surface area contributed by atoms with Crippen LogP contribution in [0, 0.1) is 12.8 Å². The van der Waals surface area contributed by atoms with Crippen LogP contribution in [0.2, 0.25) is 0 Å². The molecule has 1 fully saturated rings. The topological polar surface area (TPSA) is 42.2 Å². The Morgan fingerprint density at radius 2 is 2.44 bits per heavy atom. The van der Waals surface area contributed by atoms with E-state index in [9.17, 15) is 0 Å². The quantitative estimate of drug-likeness (QED) is 0.877. The van der Waals surface area contributed by atoms with Crippen LogP contribution in [0.1, 0.15) is 30.5 Å². The minimum absolute atomic E-state index is 0.538. The lowest BCUT2D eigenvalue weighted by atomic mass is 9.91. The summed E-state index contributed by atoms with van der Waals surface area (Å²) in [5.41, 5.74) is 7.09. The van der Waals surface area contributed by atoms with E-state index >= 15 is 0 Å². The number of hydrogen-bond acceptors (Lipinski definition) is 4. The van der Waals surface area contributed by atoms with Crippen molar-refractivity contribution in [3.63, 3.8) is 0 Å². The molecule has 0 radical (unpaired) electrons. The Balaban J connectivity index is 2.02. The largest absolute Gasteiger partial charge is 0.329 e. The van der Waals surface area contributed by atoms with E-state index in [1.54, 1.807) is 11.3 Å². The Hall–Kier alpha value is -0.450. The number of aromatic nitrogens is 1. The summed E-state index contributed by atoms with van der Waals surface area (Å²) in [6, 6.07) is 0.538. The maximum atomic E-state index is 5.88. The SMILES string of the molecule is Cc1nc(CN2CCCC(C)C2CN)cs1. The summed E-state index contributed by atoms with van der Waals surface area (Å²) in [7, 11) is 0. The molecule has 0 bridgehead atoms. The molecule has 1 aliphatic heterocycles. The molecule has 0 amide bonds. The second-order valence-corrected chi connectivity index (χ2v) is 5.81. The fourth-order valence-electron chi connectivity index (χ4n) is 2.60. The van der Waals surface area contributed by atoms with Gasteiger partial charge in [-0.3, -0.25) is 4.90 Å². The van der Waals surface area contributed by atoms with Crippen molar-refractivity contribution >= 4 is 11.3 Å². The minimum Gasteiger partial charge on any atom is -0.329 e. The zero-order valence-electron chi connectivity index (χ0n) is 10.1. The van der Waals surface area contributed by atoms with Gasteiger partial charge in [0.25, 0.3) is 0 Å². The molecule has 0 aromatic carbocycles. The molecule has 2 atom stereocenters. The first kappa shape index (κ1) is 12.0. The van der Waals surface area contributed by atoms with Gasteiger partial charge in [-0.2, -0.15) is 0 Å². The van der Waals surface area contributed by atoms with Gasteiger partial charge in [-0.15, -0.1) is 11.3 Å². The van der Waals surface area contributed by atoms with Gasteiger partial charge in [0, 0.05) is 24.5 Å². The smallest absolute Gasteiger partial charge is 0.0897 e. The van der Waals surface area contributed by atoms with Crippen LogP contribution in [0.15, 0.2) is 5.38 Å². The number of piperidine rings is 1. The van der Waals surface area contributed by atoms with Crippen LogP contribution in [0.4, 0.5) is 0 Å². The number of thiazole rings is 1. The fourth-order valence-corrected chi connectivity index (χ4v) is 3.20. The van der Waals surface area contributed by atoms with Gasteiger partial charge in [-0.1, -0.05) is 6.92 Å². The van der Waals surface area contributed by atoms with Gasteiger partial charge in [0.05, 0.1) is 10.7 Å². The molecule has 3 nitrogen and oxygen atoms in total. The number of hydrogen-bond donors (Lipinski definition) is 1. The summed E-state index contributed by atoms with van der Waals surface area (Å²) in [5, 5.41) is 3.33. The highest BCUT2D eigenvalue weighted by Gasteiger charge is 2.27. The van der Waals surface area contributed by atoms with Gasteiger partial charge in [-0.05, 0) is 32.2 Å². The zero-order chi connectivity index (χ0) is 11.5. The van der Waals surface area contributed by atoms with Gasteiger partial charge in [0.1, 0.15) is 0 Å². The number of rotatable bonds is 3. The number of nitrogens with two attached hydrogens (primary N) is 1. The highest BCUT2D eigenvalue weighted by molar-refractivity contribution is 7.09. The summed E-state index contributed by atoms with van der Waals surface area (Å²) >= 11 is 1.73. The fraction of sp³-hybridized carbons (Fsp3) is 0.750. The van der Waals surface area contributed by atoms with Crippen molar-refractivity contribution in [3.05, 3.63) is 16.1 Å². The van der Waals surface area contributed by atoms with Gasteiger partial charge in [0.15, 0.2) is 0 Å². The van der Waals surface area contributed by atoms with E-state index < -0.39 is 0 Å². The lowest BCUT2D eigenvalue weighted by Crippen LogP contribution is -2.48. The van der Waals surface area contributed by atoms with E-state index in [0.29, 0.717) is 6.04 Å². The molecule has 4 heteroatoms. The predicted molar refractivity (Wildman–Crippen MR) is 68.5 cm³/mol. The Morgan fingerprint density at radius 3 is 3.06 bits per heavy atom. The van der Waals surface area contributed by atoms with Crippen molar-refractivity contribution in [3.8, 4) is 0 Å². The van der Waals surface area contributed by atoms with E-state index in [-0.39, 0.29) is 0 Å². The number of nitrogens with zero attached hydrogens (tertiary/aromatic N) is 2. The van der Waals surface area contributed by atoms with E-state index in [1.807, 2.05) is 0 Å². The third-order valence-corrected chi connectivity index (χ3v) is 4.33. The molecule has 0 saturated carbocycles. The van der Waals surface area contributed by atoms with Crippen molar-refractivity contribution in [1.82, 2.24) is 9.88 Å². The van der Waals surface area contributed by atoms with Crippen LogP contribution >= 0.6 is 11.3 Å². The molecule has 0 aliphatic carbocycles. The van der Waals surface area contributed by atoms with Crippen LogP contribution in [0.25, 0.3) is 0 Å². The van der Waals surface area contributed by atoms with Gasteiger partial charge in [-0.25, -0.2) is 4.98 Å². The van der Waals surface area contributed by atoms with Crippen molar-refractivity contribution in [2.45, 2.75) is 39.3 Å². The van der Waals surface area contributed by atoms with Crippen LogP contribution in [-0.4, -0.2) is 29.0 Å². The molecule has 1 aromatic heterocycles. The molecule has 90 valence electrons. The average molecular weight is 239 g/mol. The third-order valence-electron chi connectivity index (χ3n) is 3.50. The van der Waals surface area contributed by atoms with Crippen molar-refractivity contribution in [2.24, 2.45) is 11.7 Å². The van der Waals surface area contributed by atoms with Gasteiger partial charge in [0.2, 0.25) is 0 Å². The van der Waals surface area contributed by atoms with E-state index in [4.69, 9.17) is 5.73 Å². The van der Waals surface area contributed by atoms with E-state index in [2.05, 4.69) is 29.1 Å². The normalized spacial score (nSPS) is 27.2. The van der Waals surface area contributed by atoms with Crippen LogP contribution in [0.3, 0.4) is 0 Å². The first-order valence-electron chi connectivity index (χ1n) is 6.06. The van der Waals surface area contributed by atoms with Crippen LogP contribution in [-0.2, 0) is 6.54 Å². The van der Waals surface area contributed by atoms with E-state index in [0.717, 1.165) is 24.0 Å². The molecule has 1 aliphatic rings. The standard InChI is InChI=1S/C12H21N3S/c1-9-4-3-5-15(12(9)6-13)7-11-8-16-10(2)14-11/h8-9,12H,3-7,13H2,1-2H3. The second-order valence-electron chi connectivity index (χ2n) is 4.75. The van der Waals surface area contributed by atoms with Crippen LogP contribution in [0.5, 0.6) is 0 Å². The molecule has 2 rings (SSSR count). The zero-order valence-corrected chi connectivity index (χ0v) is 11.0. The lowest BCUT2D eigenvalue weighted by Gasteiger charge is -2.39. The molecule has 1 aromatic rings. The number of aryl methyl sites for hydroxylation is 1. The Morgan fingerprint density at radius 1 is 1.62 bits per heavy atom. The van der Waals surface area contributed by atoms with Crippen molar-refractivity contribution < 1.29 is 0 Å². The van der Waals surface area contributed by atoms with Gasteiger partial charge >= 0.3 is 0 Å². The monoisotopic (exact) mass is 239 g/mol. The Bertz CT molecular complexity index is 337. The highest BCUT2D eigenvalue weighted by Crippen LogP contribution is 2.24. The second kappa shape index (κ2) is 5.25. The summed E-state index contributed by atoms with van der Waals surface area (Å²) in [6.45, 7) is 7.28. The minimum atomic E-state index is 0.538. The van der Waals surface area contributed by atoms with Crippen molar-refractivity contribution in [2.75, 3.05) is 13.1 Å². The van der Waals surface area contributed by atoms with E-state index in [1.165, 1.54) is 25.1 Å². The molecular formula is C12H21N3S. The Kier molecular flexibility index (Phi) is 3.95. The number of likely N-dealkylation sites (tertiary alicyclic amines) is 1. The first-order chi connectivity index (χ1) is 7.70. The molecule has 2 heterocycles. The van der Waals surface area contributed by atoms with Crippen LogP contribution < -0.4 is 5.73 Å². The summed E-state index contributed by atoms with van der Waals surface area (Å²) in [5.74, 6) is 0.721. The highest BCUT2D eigenvalue weighted by atomic mass is 32.1. The predicted octanol–water partition coefficient (Wildman–Crippen LogP) is 2.01. The van der Waals surface area contributed by atoms with Crippen molar-refractivity contribution in [1.29, 1.82) is 0 Å².